The van der Waals surface area contributed by atoms with Crippen LogP contribution in [0.15, 0.2) is 17.5 Å². The van der Waals surface area contributed by atoms with Crippen LogP contribution in [-0.4, -0.2) is 9.97 Å². The van der Waals surface area contributed by atoms with Crippen LogP contribution in [0.25, 0.3) is 0 Å². The molecule has 0 spiro atoms. The van der Waals surface area contributed by atoms with Gasteiger partial charge < -0.3 is 11.1 Å². The van der Waals surface area contributed by atoms with Gasteiger partial charge in [-0.05, 0) is 25.3 Å². The molecule has 0 fully saturated rings. The Morgan fingerprint density at radius 2 is 2.00 bits per heavy atom. The van der Waals surface area contributed by atoms with E-state index in [1.807, 2.05) is 6.92 Å². The second-order valence-corrected chi connectivity index (χ2v) is 7.02. The Bertz CT molecular complexity index is 585. The summed E-state index contributed by atoms with van der Waals surface area (Å²) in [6.07, 6.45) is 0. The van der Waals surface area contributed by atoms with Gasteiger partial charge in [-0.3, -0.25) is 0 Å². The minimum atomic E-state index is -0.121. The first-order valence-electron chi connectivity index (χ1n) is 6.73. The second kappa shape index (κ2) is 5.40. The van der Waals surface area contributed by atoms with Gasteiger partial charge in [0.1, 0.15) is 17.5 Å². The first-order chi connectivity index (χ1) is 9.29. The largest absolute Gasteiger partial charge is 0.383 e. The fourth-order valence-electron chi connectivity index (χ4n) is 1.82. The number of rotatable bonds is 3. The van der Waals surface area contributed by atoms with Gasteiger partial charge in [-0.25, -0.2) is 9.97 Å². The van der Waals surface area contributed by atoms with Crippen molar-refractivity contribution in [2.24, 2.45) is 0 Å². The molecule has 0 bridgehead atoms. The Balaban J connectivity index is 2.34. The number of anilines is 2. The zero-order valence-electron chi connectivity index (χ0n) is 12.7. The van der Waals surface area contributed by atoms with Crippen LogP contribution < -0.4 is 11.1 Å². The summed E-state index contributed by atoms with van der Waals surface area (Å²) in [5, 5.41) is 5.52. The predicted molar refractivity (Wildman–Crippen MR) is 86.2 cm³/mol. The molecule has 1 atom stereocenters. The van der Waals surface area contributed by atoms with E-state index in [0.29, 0.717) is 5.82 Å². The van der Waals surface area contributed by atoms with E-state index < -0.39 is 0 Å². The van der Waals surface area contributed by atoms with Crippen LogP contribution >= 0.6 is 11.3 Å². The van der Waals surface area contributed by atoms with Crippen LogP contribution in [0.1, 0.15) is 50.0 Å². The highest BCUT2D eigenvalue weighted by molar-refractivity contribution is 7.10. The Labute approximate surface area is 124 Å². The standard InChI is InChI=1S/C15H22N4S/c1-9-12(16)18-14(15(3,4)5)19-13(9)17-10(2)11-7-6-8-20-11/h6-8,10H,1-5H3,(H3,16,17,18,19). The molecule has 2 aromatic rings. The van der Waals surface area contributed by atoms with Gasteiger partial charge in [0.15, 0.2) is 0 Å². The van der Waals surface area contributed by atoms with E-state index in [0.717, 1.165) is 17.2 Å². The van der Waals surface area contributed by atoms with E-state index in [4.69, 9.17) is 5.73 Å². The van der Waals surface area contributed by atoms with Crippen molar-refractivity contribution in [3.63, 3.8) is 0 Å². The summed E-state index contributed by atoms with van der Waals surface area (Å²) in [6, 6.07) is 4.38. The van der Waals surface area contributed by atoms with Crippen LogP contribution in [0, 0.1) is 6.92 Å². The molecule has 4 nitrogen and oxygen atoms in total. The lowest BCUT2D eigenvalue weighted by atomic mass is 9.95. The second-order valence-electron chi connectivity index (χ2n) is 6.04. The molecule has 0 aromatic carbocycles. The minimum absolute atomic E-state index is 0.121. The molecule has 108 valence electrons. The minimum Gasteiger partial charge on any atom is -0.383 e. The molecule has 20 heavy (non-hydrogen) atoms. The van der Waals surface area contributed by atoms with Gasteiger partial charge in [-0.1, -0.05) is 26.8 Å². The van der Waals surface area contributed by atoms with E-state index in [2.05, 4.69) is 60.5 Å². The molecule has 0 aliphatic heterocycles. The van der Waals surface area contributed by atoms with Gasteiger partial charge in [-0.15, -0.1) is 11.3 Å². The number of nitrogens with two attached hydrogens (primary N) is 1. The third-order valence-electron chi connectivity index (χ3n) is 3.18. The summed E-state index contributed by atoms with van der Waals surface area (Å²) in [7, 11) is 0. The molecule has 5 heteroatoms. The van der Waals surface area contributed by atoms with Gasteiger partial charge in [0, 0.05) is 15.9 Å². The van der Waals surface area contributed by atoms with Crippen molar-refractivity contribution in [1.82, 2.24) is 9.97 Å². The quantitative estimate of drug-likeness (QED) is 0.900. The van der Waals surface area contributed by atoms with Crippen LogP contribution in [-0.2, 0) is 5.41 Å². The fraction of sp³-hybridized carbons (Fsp3) is 0.467. The number of hydrogen-bond acceptors (Lipinski definition) is 5. The molecule has 2 rings (SSSR count). The average molecular weight is 290 g/mol. The third kappa shape index (κ3) is 3.10. The lowest BCUT2D eigenvalue weighted by molar-refractivity contribution is 0.546. The molecule has 2 aromatic heterocycles. The van der Waals surface area contributed by atoms with Crippen molar-refractivity contribution >= 4 is 23.0 Å². The summed E-state index contributed by atoms with van der Waals surface area (Å²) in [4.78, 5) is 10.3. The normalized spacial score (nSPS) is 13.2. The summed E-state index contributed by atoms with van der Waals surface area (Å²) < 4.78 is 0. The number of thiophene rings is 1. The highest BCUT2D eigenvalue weighted by Crippen LogP contribution is 2.28. The molecule has 0 saturated heterocycles. The smallest absolute Gasteiger partial charge is 0.138 e. The highest BCUT2D eigenvalue weighted by atomic mass is 32.1. The summed E-state index contributed by atoms with van der Waals surface area (Å²) in [5.74, 6) is 2.13. The predicted octanol–water partition coefficient (Wildman–Crippen LogP) is 3.90. The molecular weight excluding hydrogens is 268 g/mol. The van der Waals surface area contributed by atoms with E-state index in [1.54, 1.807) is 11.3 Å². The third-order valence-corrected chi connectivity index (χ3v) is 4.23. The Hall–Kier alpha value is -1.62. The van der Waals surface area contributed by atoms with Gasteiger partial charge >= 0.3 is 0 Å². The number of hydrogen-bond donors (Lipinski definition) is 2. The maximum absolute atomic E-state index is 6.02. The van der Waals surface area contributed by atoms with Crippen molar-refractivity contribution < 1.29 is 0 Å². The summed E-state index contributed by atoms with van der Waals surface area (Å²) in [5.41, 5.74) is 6.81. The molecule has 0 radical (unpaired) electrons. The maximum atomic E-state index is 6.02. The summed E-state index contributed by atoms with van der Waals surface area (Å²) in [6.45, 7) is 10.3. The Morgan fingerprint density at radius 3 is 2.55 bits per heavy atom. The van der Waals surface area contributed by atoms with E-state index >= 15 is 0 Å². The van der Waals surface area contributed by atoms with Crippen molar-refractivity contribution in [2.75, 3.05) is 11.1 Å². The molecular formula is C15H22N4S. The SMILES string of the molecule is Cc1c(N)nc(C(C)(C)C)nc1NC(C)c1cccs1. The molecule has 0 amide bonds. The topological polar surface area (TPSA) is 63.8 Å². The Kier molecular flexibility index (Phi) is 3.99. The van der Waals surface area contributed by atoms with Crippen molar-refractivity contribution in [2.45, 2.75) is 46.1 Å². The number of nitrogens with one attached hydrogen (secondary N) is 1. The van der Waals surface area contributed by atoms with Gasteiger partial charge in [-0.2, -0.15) is 0 Å². The van der Waals surface area contributed by atoms with Crippen LogP contribution in [0.5, 0.6) is 0 Å². The Morgan fingerprint density at radius 1 is 1.30 bits per heavy atom. The van der Waals surface area contributed by atoms with Gasteiger partial charge in [0.05, 0.1) is 6.04 Å². The molecule has 0 aliphatic carbocycles. The van der Waals surface area contributed by atoms with Crippen molar-refractivity contribution in [3.05, 3.63) is 33.8 Å². The molecule has 0 saturated carbocycles. The number of nitrogens with zero attached hydrogens (tertiary/aromatic N) is 2. The highest BCUT2D eigenvalue weighted by Gasteiger charge is 2.21. The van der Waals surface area contributed by atoms with E-state index in [9.17, 15) is 0 Å². The average Bonchev–Trinajstić information content (AvgIpc) is 2.87. The van der Waals surface area contributed by atoms with Crippen molar-refractivity contribution in [3.8, 4) is 0 Å². The first-order valence-corrected chi connectivity index (χ1v) is 7.61. The van der Waals surface area contributed by atoms with E-state index in [1.165, 1.54) is 4.88 Å². The molecule has 2 heterocycles. The molecule has 1 unspecified atom stereocenters. The lowest BCUT2D eigenvalue weighted by Gasteiger charge is -2.21. The van der Waals surface area contributed by atoms with Crippen LogP contribution in [0.2, 0.25) is 0 Å². The maximum Gasteiger partial charge on any atom is 0.138 e. The lowest BCUT2D eigenvalue weighted by Crippen LogP contribution is -2.20. The van der Waals surface area contributed by atoms with Gasteiger partial charge in [0.25, 0.3) is 0 Å². The van der Waals surface area contributed by atoms with Crippen LogP contribution in [0.4, 0.5) is 11.6 Å². The molecule has 3 N–H and O–H groups in total. The monoisotopic (exact) mass is 290 g/mol. The van der Waals surface area contributed by atoms with Gasteiger partial charge in [0.2, 0.25) is 0 Å². The molecule has 0 aliphatic rings. The fourth-order valence-corrected chi connectivity index (χ4v) is 2.56. The van der Waals surface area contributed by atoms with Crippen LogP contribution in [0.3, 0.4) is 0 Å². The number of nitrogen functional groups attached to an aromatic ring is 1. The van der Waals surface area contributed by atoms with E-state index in [-0.39, 0.29) is 11.5 Å². The summed E-state index contributed by atoms with van der Waals surface area (Å²) >= 11 is 1.73. The first kappa shape index (κ1) is 14.8. The number of aromatic nitrogens is 2. The zero-order valence-corrected chi connectivity index (χ0v) is 13.5. The van der Waals surface area contributed by atoms with Crippen molar-refractivity contribution in [1.29, 1.82) is 0 Å². The zero-order chi connectivity index (χ0) is 14.9.